The van der Waals surface area contributed by atoms with E-state index in [1.807, 2.05) is 18.4 Å². The molecule has 0 aliphatic carbocycles. The Balaban J connectivity index is 1.20. The summed E-state index contributed by atoms with van der Waals surface area (Å²) in [6.07, 6.45) is 8.90. The molecule has 8 nitrogen and oxygen atoms in total. The minimum atomic E-state index is 0.600. The van der Waals surface area contributed by atoms with Gasteiger partial charge in [-0.25, -0.2) is 19.9 Å². The second-order valence-corrected chi connectivity index (χ2v) is 8.93. The monoisotopic (exact) mass is 448 g/mol. The van der Waals surface area contributed by atoms with E-state index in [0.717, 1.165) is 73.9 Å². The Bertz CT molecular complexity index is 1050. The van der Waals surface area contributed by atoms with E-state index in [1.165, 1.54) is 11.3 Å². The first-order chi connectivity index (χ1) is 15.8. The van der Waals surface area contributed by atoms with Crippen LogP contribution in [0.1, 0.15) is 18.4 Å². The van der Waals surface area contributed by atoms with Gasteiger partial charge in [0.05, 0.1) is 0 Å². The van der Waals surface area contributed by atoms with Crippen LogP contribution < -0.4 is 20.9 Å². The van der Waals surface area contributed by atoms with Crippen molar-refractivity contribution in [3.05, 3.63) is 48.3 Å². The highest BCUT2D eigenvalue weighted by Gasteiger charge is 2.21. The van der Waals surface area contributed by atoms with E-state index in [1.54, 1.807) is 24.2 Å². The maximum Gasteiger partial charge on any atom is 0.225 e. The largest absolute Gasteiger partial charge is 0.384 e. The van der Waals surface area contributed by atoms with Gasteiger partial charge in [-0.3, -0.25) is 0 Å². The number of thioether (sulfide) groups is 1. The Morgan fingerprint density at radius 2 is 1.91 bits per heavy atom. The molecule has 0 radical (unpaired) electrons. The fraction of sp³-hybridized carbons (Fsp3) is 0.391. The van der Waals surface area contributed by atoms with Gasteiger partial charge in [0.2, 0.25) is 5.95 Å². The lowest BCUT2D eigenvalue weighted by Crippen LogP contribution is -2.36. The van der Waals surface area contributed by atoms with E-state index in [4.69, 9.17) is 0 Å². The maximum absolute atomic E-state index is 4.66. The number of benzene rings is 1. The summed E-state index contributed by atoms with van der Waals surface area (Å²) in [7, 11) is 0. The Hall–Kier alpha value is -3.07. The summed E-state index contributed by atoms with van der Waals surface area (Å²) < 4.78 is 0. The van der Waals surface area contributed by atoms with Gasteiger partial charge in [0.1, 0.15) is 11.6 Å². The number of hydrogen-bond donors (Lipinski definition) is 3. The molecule has 0 spiro atoms. The van der Waals surface area contributed by atoms with Gasteiger partial charge in [0.15, 0.2) is 5.16 Å². The molecule has 1 fully saturated rings. The molecule has 2 aromatic heterocycles. The smallest absolute Gasteiger partial charge is 0.225 e. The molecule has 9 heteroatoms. The van der Waals surface area contributed by atoms with Crippen LogP contribution in [0, 0.1) is 5.92 Å². The third-order valence-electron chi connectivity index (χ3n) is 6.00. The minimum Gasteiger partial charge on any atom is -0.384 e. The molecule has 0 saturated carbocycles. The van der Waals surface area contributed by atoms with Crippen molar-refractivity contribution in [2.45, 2.75) is 24.4 Å². The van der Waals surface area contributed by atoms with Gasteiger partial charge in [0, 0.05) is 56.0 Å². The maximum atomic E-state index is 4.66. The molecule has 166 valence electrons. The van der Waals surface area contributed by atoms with Gasteiger partial charge in [-0.15, -0.1) is 0 Å². The summed E-state index contributed by atoms with van der Waals surface area (Å²) in [4.78, 5) is 20.3. The van der Waals surface area contributed by atoms with Crippen LogP contribution in [-0.4, -0.2) is 52.4 Å². The van der Waals surface area contributed by atoms with Crippen molar-refractivity contribution in [3.8, 4) is 0 Å². The van der Waals surface area contributed by atoms with Crippen molar-refractivity contribution in [3.63, 3.8) is 0 Å². The number of hydrogen-bond acceptors (Lipinski definition) is 9. The summed E-state index contributed by atoms with van der Waals surface area (Å²) >= 11 is 1.55. The van der Waals surface area contributed by atoms with E-state index in [9.17, 15) is 0 Å². The fourth-order valence-electron chi connectivity index (χ4n) is 4.24. The third-order valence-corrected chi connectivity index (χ3v) is 6.54. The molecule has 3 N–H and O–H groups in total. The zero-order valence-corrected chi connectivity index (χ0v) is 19.0. The summed E-state index contributed by atoms with van der Waals surface area (Å²) in [5, 5.41) is 11.2. The zero-order chi connectivity index (χ0) is 21.8. The lowest BCUT2D eigenvalue weighted by atomic mass is 9.97. The number of aromatic nitrogens is 4. The summed E-state index contributed by atoms with van der Waals surface area (Å²) in [6, 6.07) is 10.3. The minimum absolute atomic E-state index is 0.600. The summed E-state index contributed by atoms with van der Waals surface area (Å²) in [5.41, 5.74) is 3.63. The second kappa shape index (κ2) is 9.60. The Morgan fingerprint density at radius 3 is 2.72 bits per heavy atom. The van der Waals surface area contributed by atoms with Crippen molar-refractivity contribution in [2.75, 3.05) is 53.3 Å². The molecular formula is C23H28N8S. The van der Waals surface area contributed by atoms with E-state index in [0.29, 0.717) is 5.92 Å². The molecule has 0 unspecified atom stereocenters. The predicted octanol–water partition coefficient (Wildman–Crippen LogP) is 4.03. The van der Waals surface area contributed by atoms with Crippen molar-refractivity contribution >= 4 is 40.7 Å². The SMILES string of the molecule is CSc1nc(NCC2CCN(c3ncccn3)CC2)cc(Nc2ccc3c(c2)CCN3)n1. The Labute approximate surface area is 192 Å². The first-order valence-electron chi connectivity index (χ1n) is 11.1. The predicted molar refractivity (Wildman–Crippen MR) is 131 cm³/mol. The van der Waals surface area contributed by atoms with Crippen LogP contribution in [0.15, 0.2) is 47.9 Å². The molecule has 32 heavy (non-hydrogen) atoms. The van der Waals surface area contributed by atoms with Gasteiger partial charge >= 0.3 is 0 Å². The summed E-state index contributed by atoms with van der Waals surface area (Å²) in [6.45, 7) is 3.87. The highest BCUT2D eigenvalue weighted by atomic mass is 32.2. The second-order valence-electron chi connectivity index (χ2n) is 8.16. The molecule has 0 bridgehead atoms. The first-order valence-corrected chi connectivity index (χ1v) is 12.3. The summed E-state index contributed by atoms with van der Waals surface area (Å²) in [5.74, 6) is 3.11. The third kappa shape index (κ3) is 4.88. The van der Waals surface area contributed by atoms with Crippen LogP contribution in [0.3, 0.4) is 0 Å². The topological polar surface area (TPSA) is 90.9 Å². The van der Waals surface area contributed by atoms with Gasteiger partial charge in [-0.2, -0.15) is 0 Å². The van der Waals surface area contributed by atoms with Crippen molar-refractivity contribution in [1.82, 2.24) is 19.9 Å². The molecule has 4 heterocycles. The molecule has 5 rings (SSSR count). The van der Waals surface area contributed by atoms with Gasteiger partial charge in [-0.1, -0.05) is 11.8 Å². The number of piperidine rings is 1. The van der Waals surface area contributed by atoms with Crippen LogP contribution in [0.2, 0.25) is 0 Å². The molecule has 1 saturated heterocycles. The molecule has 0 atom stereocenters. The molecule has 1 aromatic carbocycles. The van der Waals surface area contributed by atoms with Crippen LogP contribution >= 0.6 is 11.8 Å². The average molecular weight is 449 g/mol. The zero-order valence-electron chi connectivity index (χ0n) is 18.2. The van der Waals surface area contributed by atoms with E-state index >= 15 is 0 Å². The molecular weight excluding hydrogens is 420 g/mol. The number of nitrogens with one attached hydrogen (secondary N) is 3. The highest BCUT2D eigenvalue weighted by molar-refractivity contribution is 7.98. The lowest BCUT2D eigenvalue weighted by molar-refractivity contribution is 0.419. The van der Waals surface area contributed by atoms with Crippen molar-refractivity contribution < 1.29 is 0 Å². The number of anilines is 5. The lowest BCUT2D eigenvalue weighted by Gasteiger charge is -2.32. The van der Waals surface area contributed by atoms with Crippen molar-refractivity contribution in [1.29, 1.82) is 0 Å². The molecule has 2 aliphatic heterocycles. The van der Waals surface area contributed by atoms with Gasteiger partial charge < -0.3 is 20.9 Å². The normalized spacial score (nSPS) is 15.8. The van der Waals surface area contributed by atoms with E-state index < -0.39 is 0 Å². The number of nitrogens with zero attached hydrogens (tertiary/aromatic N) is 5. The standard InChI is InChI=1S/C23H28N8S/c1-32-23-29-20(14-21(30-23)28-18-3-4-19-17(13-18)5-10-24-19)27-15-16-6-11-31(12-7-16)22-25-8-2-9-26-22/h2-4,8-9,13-14,16,24H,5-7,10-12,15H2,1H3,(H2,27,28,29,30). The van der Waals surface area contributed by atoms with E-state index in [-0.39, 0.29) is 0 Å². The number of rotatable bonds is 7. The highest BCUT2D eigenvalue weighted by Crippen LogP contribution is 2.28. The Morgan fingerprint density at radius 1 is 1.09 bits per heavy atom. The Kier molecular flexibility index (Phi) is 6.24. The molecule has 2 aliphatic rings. The van der Waals surface area contributed by atoms with E-state index in [2.05, 4.69) is 59.0 Å². The first kappa shape index (κ1) is 20.8. The quantitative estimate of drug-likeness (QED) is 0.366. The van der Waals surface area contributed by atoms with Crippen LogP contribution in [-0.2, 0) is 6.42 Å². The van der Waals surface area contributed by atoms with Gasteiger partial charge in [0.25, 0.3) is 0 Å². The van der Waals surface area contributed by atoms with Crippen molar-refractivity contribution in [2.24, 2.45) is 5.92 Å². The van der Waals surface area contributed by atoms with Crippen LogP contribution in [0.25, 0.3) is 0 Å². The number of fused-ring (bicyclic) bond motifs is 1. The fourth-order valence-corrected chi connectivity index (χ4v) is 4.62. The van der Waals surface area contributed by atoms with Crippen LogP contribution in [0.5, 0.6) is 0 Å². The molecule has 0 amide bonds. The molecule has 3 aromatic rings. The van der Waals surface area contributed by atoms with Gasteiger partial charge in [-0.05, 0) is 61.3 Å². The average Bonchev–Trinajstić information content (AvgIpc) is 3.31. The van der Waals surface area contributed by atoms with Crippen LogP contribution in [0.4, 0.5) is 29.0 Å².